The summed E-state index contributed by atoms with van der Waals surface area (Å²) in [5, 5.41) is 3.63. The highest BCUT2D eigenvalue weighted by atomic mass is 19.1. The average molecular weight is 323 g/mol. The molecule has 122 valence electrons. The number of aryl methyl sites for hydroxylation is 3. The highest BCUT2D eigenvalue weighted by Crippen LogP contribution is 2.30. The Hall–Kier alpha value is -2.62. The van der Waals surface area contributed by atoms with Crippen molar-refractivity contribution < 1.29 is 13.6 Å². The van der Waals surface area contributed by atoms with E-state index in [2.05, 4.69) is 17.4 Å². The van der Waals surface area contributed by atoms with Crippen LogP contribution in [0.2, 0.25) is 0 Å². The summed E-state index contributed by atoms with van der Waals surface area (Å²) in [6, 6.07) is 8.89. The van der Waals surface area contributed by atoms with Crippen LogP contribution in [0.4, 0.5) is 10.1 Å². The Labute approximate surface area is 139 Å². The third-order valence-electron chi connectivity index (χ3n) is 4.62. The molecule has 0 fully saturated rings. The van der Waals surface area contributed by atoms with Crippen LogP contribution in [-0.4, -0.2) is 5.91 Å². The molecule has 24 heavy (non-hydrogen) atoms. The number of benzene rings is 2. The summed E-state index contributed by atoms with van der Waals surface area (Å²) >= 11 is 0. The number of furan rings is 1. The first-order chi connectivity index (χ1) is 11.6. The molecule has 0 radical (unpaired) electrons. The van der Waals surface area contributed by atoms with Gasteiger partial charge < -0.3 is 9.73 Å². The van der Waals surface area contributed by atoms with E-state index in [1.54, 1.807) is 18.4 Å². The fourth-order valence-electron chi connectivity index (χ4n) is 3.39. The van der Waals surface area contributed by atoms with Gasteiger partial charge in [-0.2, -0.15) is 0 Å². The zero-order valence-electron chi connectivity index (χ0n) is 13.5. The smallest absolute Gasteiger partial charge is 0.229 e. The molecule has 1 aliphatic rings. The first-order valence-corrected chi connectivity index (χ1v) is 8.18. The van der Waals surface area contributed by atoms with E-state index in [1.165, 1.54) is 23.6 Å². The minimum absolute atomic E-state index is 0.166. The normalized spacial score (nSPS) is 13.2. The van der Waals surface area contributed by atoms with Gasteiger partial charge in [0.2, 0.25) is 5.91 Å². The van der Waals surface area contributed by atoms with Crippen LogP contribution < -0.4 is 5.32 Å². The Morgan fingerprint density at radius 3 is 2.83 bits per heavy atom. The molecule has 2 aromatic carbocycles. The SMILES string of the molecule is Cc1ccc(F)c(NC(=O)Cc2coc3cc4c(cc23)CCC4)c1. The molecular formula is C20H18FNO2. The van der Waals surface area contributed by atoms with Gasteiger partial charge in [0.1, 0.15) is 11.4 Å². The Bertz CT molecular complexity index is 942. The Balaban J connectivity index is 1.58. The van der Waals surface area contributed by atoms with E-state index in [0.717, 1.165) is 34.9 Å². The second-order valence-electron chi connectivity index (χ2n) is 6.44. The molecule has 1 aliphatic carbocycles. The largest absolute Gasteiger partial charge is 0.464 e. The number of hydrogen-bond acceptors (Lipinski definition) is 2. The van der Waals surface area contributed by atoms with Crippen molar-refractivity contribution in [3.63, 3.8) is 0 Å². The zero-order valence-corrected chi connectivity index (χ0v) is 13.5. The van der Waals surface area contributed by atoms with Crippen LogP contribution in [-0.2, 0) is 24.1 Å². The number of fused-ring (bicyclic) bond motifs is 2. The number of carbonyl (C=O) groups excluding carboxylic acids is 1. The Morgan fingerprint density at radius 1 is 1.21 bits per heavy atom. The van der Waals surface area contributed by atoms with Gasteiger partial charge in [-0.05, 0) is 67.1 Å². The maximum Gasteiger partial charge on any atom is 0.229 e. The van der Waals surface area contributed by atoms with Crippen LogP contribution in [0.25, 0.3) is 11.0 Å². The van der Waals surface area contributed by atoms with Gasteiger partial charge in [0.05, 0.1) is 18.4 Å². The number of rotatable bonds is 3. The lowest BCUT2D eigenvalue weighted by Gasteiger charge is -2.07. The third kappa shape index (κ3) is 2.68. The molecule has 1 amide bonds. The summed E-state index contributed by atoms with van der Waals surface area (Å²) in [7, 11) is 0. The minimum atomic E-state index is -0.427. The molecule has 0 aliphatic heterocycles. The highest BCUT2D eigenvalue weighted by molar-refractivity contribution is 5.95. The summed E-state index contributed by atoms with van der Waals surface area (Å²) in [5.74, 6) is -0.675. The number of hydrogen-bond donors (Lipinski definition) is 1. The van der Waals surface area contributed by atoms with E-state index in [-0.39, 0.29) is 18.0 Å². The number of anilines is 1. The van der Waals surface area contributed by atoms with Crippen molar-refractivity contribution in [3.8, 4) is 0 Å². The fourth-order valence-corrected chi connectivity index (χ4v) is 3.39. The van der Waals surface area contributed by atoms with Crippen LogP contribution in [0.5, 0.6) is 0 Å². The fraction of sp³-hybridized carbons (Fsp3) is 0.250. The molecule has 3 aromatic rings. The monoisotopic (exact) mass is 323 g/mol. The molecule has 0 saturated carbocycles. The van der Waals surface area contributed by atoms with Crippen LogP contribution >= 0.6 is 0 Å². The summed E-state index contributed by atoms with van der Waals surface area (Å²) in [5.41, 5.74) is 5.46. The summed E-state index contributed by atoms with van der Waals surface area (Å²) in [4.78, 5) is 12.3. The Kier molecular flexibility index (Phi) is 3.60. The lowest BCUT2D eigenvalue weighted by atomic mass is 10.0. The molecular weight excluding hydrogens is 305 g/mol. The average Bonchev–Trinajstić information content (AvgIpc) is 3.15. The van der Waals surface area contributed by atoms with Crippen molar-refractivity contribution in [1.29, 1.82) is 0 Å². The second kappa shape index (κ2) is 5.78. The summed E-state index contributed by atoms with van der Waals surface area (Å²) in [6.07, 6.45) is 5.14. The Morgan fingerprint density at radius 2 is 2.00 bits per heavy atom. The van der Waals surface area contributed by atoms with Gasteiger partial charge in [-0.3, -0.25) is 4.79 Å². The van der Waals surface area contributed by atoms with E-state index in [4.69, 9.17) is 4.42 Å². The lowest BCUT2D eigenvalue weighted by molar-refractivity contribution is -0.115. The van der Waals surface area contributed by atoms with E-state index in [0.29, 0.717) is 0 Å². The van der Waals surface area contributed by atoms with Gasteiger partial charge in [0, 0.05) is 10.9 Å². The van der Waals surface area contributed by atoms with E-state index in [9.17, 15) is 9.18 Å². The molecule has 4 heteroatoms. The van der Waals surface area contributed by atoms with E-state index < -0.39 is 5.82 Å². The van der Waals surface area contributed by atoms with Crippen molar-refractivity contribution in [2.24, 2.45) is 0 Å². The standard InChI is InChI=1S/C20H18FNO2/c1-12-5-6-17(21)18(7-12)22-20(23)10-15-11-24-19-9-14-4-2-3-13(14)8-16(15)19/h5-9,11H,2-4,10H2,1H3,(H,22,23). The summed E-state index contributed by atoms with van der Waals surface area (Å²) in [6.45, 7) is 1.86. The van der Waals surface area contributed by atoms with Crippen LogP contribution in [0.3, 0.4) is 0 Å². The zero-order chi connectivity index (χ0) is 16.7. The molecule has 1 N–H and O–H groups in total. The highest BCUT2D eigenvalue weighted by Gasteiger charge is 2.17. The maximum absolute atomic E-state index is 13.8. The second-order valence-corrected chi connectivity index (χ2v) is 6.44. The molecule has 4 rings (SSSR count). The molecule has 1 heterocycles. The maximum atomic E-state index is 13.8. The molecule has 1 aromatic heterocycles. The summed E-state index contributed by atoms with van der Waals surface area (Å²) < 4.78 is 19.4. The molecule has 3 nitrogen and oxygen atoms in total. The topological polar surface area (TPSA) is 42.2 Å². The van der Waals surface area contributed by atoms with Gasteiger partial charge in [-0.1, -0.05) is 6.07 Å². The molecule has 0 atom stereocenters. The van der Waals surface area contributed by atoms with Crippen molar-refractivity contribution >= 4 is 22.6 Å². The van der Waals surface area contributed by atoms with Gasteiger partial charge in [-0.15, -0.1) is 0 Å². The van der Waals surface area contributed by atoms with Crippen molar-refractivity contribution in [2.45, 2.75) is 32.6 Å². The predicted molar refractivity (Wildman–Crippen MR) is 91.7 cm³/mol. The van der Waals surface area contributed by atoms with Crippen LogP contribution in [0.15, 0.2) is 41.0 Å². The molecule has 0 spiro atoms. The first-order valence-electron chi connectivity index (χ1n) is 8.18. The predicted octanol–water partition coefficient (Wildman–Crippen LogP) is 4.55. The van der Waals surface area contributed by atoms with Gasteiger partial charge in [0.15, 0.2) is 0 Å². The number of amides is 1. The van der Waals surface area contributed by atoms with E-state index in [1.807, 2.05) is 6.92 Å². The van der Waals surface area contributed by atoms with Gasteiger partial charge in [-0.25, -0.2) is 4.39 Å². The van der Waals surface area contributed by atoms with Crippen molar-refractivity contribution in [3.05, 3.63) is 64.7 Å². The minimum Gasteiger partial charge on any atom is -0.464 e. The first kappa shape index (κ1) is 14.9. The van der Waals surface area contributed by atoms with Crippen LogP contribution in [0.1, 0.15) is 28.7 Å². The van der Waals surface area contributed by atoms with E-state index >= 15 is 0 Å². The van der Waals surface area contributed by atoms with Crippen LogP contribution in [0, 0.1) is 12.7 Å². The van der Waals surface area contributed by atoms with Crippen molar-refractivity contribution in [2.75, 3.05) is 5.32 Å². The van der Waals surface area contributed by atoms with Gasteiger partial charge in [0.25, 0.3) is 0 Å². The molecule has 0 saturated heterocycles. The lowest BCUT2D eigenvalue weighted by Crippen LogP contribution is -2.15. The molecule has 0 bridgehead atoms. The number of carbonyl (C=O) groups is 1. The van der Waals surface area contributed by atoms with Gasteiger partial charge >= 0.3 is 0 Å². The number of nitrogens with one attached hydrogen (secondary N) is 1. The van der Waals surface area contributed by atoms with Crippen molar-refractivity contribution in [1.82, 2.24) is 0 Å². The quantitative estimate of drug-likeness (QED) is 0.768. The third-order valence-corrected chi connectivity index (χ3v) is 4.62. The number of halogens is 1. The molecule has 0 unspecified atom stereocenters.